The molecule has 3 nitrogen and oxygen atoms in total. The molecule has 4 heteroatoms. The molecule has 0 saturated heterocycles. The van der Waals surface area contributed by atoms with Crippen molar-refractivity contribution in [3.05, 3.63) is 28.9 Å². The van der Waals surface area contributed by atoms with Gasteiger partial charge in [0.2, 0.25) is 0 Å². The van der Waals surface area contributed by atoms with E-state index in [1.807, 2.05) is 18.3 Å². The first-order valence-electron chi connectivity index (χ1n) is 5.72. The Morgan fingerprint density at radius 3 is 2.94 bits per heavy atom. The first kappa shape index (κ1) is 10.7. The van der Waals surface area contributed by atoms with Crippen LogP contribution in [0.15, 0.2) is 18.3 Å². The summed E-state index contributed by atoms with van der Waals surface area (Å²) >= 11 is 1.51. The number of carbonyl (C=O) groups excluding carboxylic acids is 1. The number of hydrogen-bond donors (Lipinski definition) is 1. The van der Waals surface area contributed by atoms with Gasteiger partial charge in [-0.25, -0.2) is 4.98 Å². The molecule has 0 radical (unpaired) electrons. The summed E-state index contributed by atoms with van der Waals surface area (Å²) in [6.07, 6.45) is 3.40. The highest BCUT2D eigenvalue weighted by molar-refractivity contribution is 7.17. The van der Waals surface area contributed by atoms with Crippen LogP contribution in [0, 0.1) is 5.41 Å². The Hall–Kier alpha value is -1.42. The minimum absolute atomic E-state index is 0.0468. The number of Topliss-reactive ketones (excluding diaryl/α,β-unsaturated/α-hetero) is 1. The maximum absolute atomic E-state index is 12.0. The zero-order valence-electron chi connectivity index (χ0n) is 9.91. The van der Waals surface area contributed by atoms with E-state index in [9.17, 15) is 4.79 Å². The lowest BCUT2D eigenvalue weighted by Gasteiger charge is -2.26. The Bertz CT molecular complexity index is 566. The maximum Gasteiger partial charge on any atom is 0.175 e. The molecule has 0 aromatic carbocycles. The van der Waals surface area contributed by atoms with Crippen LogP contribution in [-0.2, 0) is 6.42 Å². The number of carbonyl (C=O) groups is 1. The molecular formula is C13H14N2OS. The number of rotatable bonds is 1. The van der Waals surface area contributed by atoms with E-state index in [1.54, 1.807) is 0 Å². The normalized spacial score (nSPS) is 18.1. The molecule has 0 aliphatic heterocycles. The summed E-state index contributed by atoms with van der Waals surface area (Å²) in [6.45, 7) is 4.25. The van der Waals surface area contributed by atoms with Gasteiger partial charge in [-0.15, -0.1) is 11.3 Å². The Labute approximate surface area is 104 Å². The highest BCUT2D eigenvalue weighted by atomic mass is 32.1. The van der Waals surface area contributed by atoms with Gasteiger partial charge < -0.3 is 4.98 Å². The maximum atomic E-state index is 12.0. The molecule has 0 spiro atoms. The number of fused-ring (bicyclic) bond motifs is 1. The van der Waals surface area contributed by atoms with E-state index >= 15 is 0 Å². The van der Waals surface area contributed by atoms with Crippen molar-refractivity contribution in [1.29, 1.82) is 0 Å². The lowest BCUT2D eigenvalue weighted by molar-refractivity contribution is 0.0916. The predicted octanol–water partition coefficient (Wildman–Crippen LogP) is 3.29. The Kier molecular flexibility index (Phi) is 2.23. The van der Waals surface area contributed by atoms with Crippen molar-refractivity contribution >= 4 is 17.1 Å². The highest BCUT2D eigenvalue weighted by Crippen LogP contribution is 2.38. The molecule has 0 fully saturated rings. The van der Waals surface area contributed by atoms with Gasteiger partial charge in [0.1, 0.15) is 5.01 Å². The van der Waals surface area contributed by atoms with E-state index in [-0.39, 0.29) is 11.2 Å². The van der Waals surface area contributed by atoms with E-state index in [0.29, 0.717) is 6.42 Å². The van der Waals surface area contributed by atoms with E-state index < -0.39 is 0 Å². The van der Waals surface area contributed by atoms with Gasteiger partial charge in [-0.1, -0.05) is 13.8 Å². The van der Waals surface area contributed by atoms with E-state index in [1.165, 1.54) is 11.3 Å². The second-order valence-corrected chi connectivity index (χ2v) is 6.32. The van der Waals surface area contributed by atoms with Crippen molar-refractivity contribution in [2.75, 3.05) is 0 Å². The molecular weight excluding hydrogens is 232 g/mol. The predicted molar refractivity (Wildman–Crippen MR) is 68.3 cm³/mol. The second kappa shape index (κ2) is 3.53. The summed E-state index contributed by atoms with van der Waals surface area (Å²) in [6, 6.07) is 3.93. The standard InChI is InChI=1S/C13H14N2OS/c1-13(2)6-9-11(10(16)7-13)17-12(15-9)8-4-3-5-14-8/h3-5,14H,6-7H2,1-2H3. The largest absolute Gasteiger partial charge is 0.359 e. The van der Waals surface area contributed by atoms with Crippen LogP contribution in [0.2, 0.25) is 0 Å². The van der Waals surface area contributed by atoms with Gasteiger partial charge in [0.25, 0.3) is 0 Å². The van der Waals surface area contributed by atoms with Crippen molar-refractivity contribution in [2.24, 2.45) is 5.41 Å². The highest BCUT2D eigenvalue weighted by Gasteiger charge is 2.33. The fourth-order valence-corrected chi connectivity index (χ4v) is 3.31. The van der Waals surface area contributed by atoms with Crippen molar-refractivity contribution < 1.29 is 4.79 Å². The minimum atomic E-state index is 0.0468. The van der Waals surface area contributed by atoms with Crippen LogP contribution in [0.25, 0.3) is 10.7 Å². The van der Waals surface area contributed by atoms with Crippen LogP contribution in [-0.4, -0.2) is 15.8 Å². The zero-order chi connectivity index (χ0) is 12.0. The van der Waals surface area contributed by atoms with Crippen LogP contribution in [0.5, 0.6) is 0 Å². The molecule has 0 bridgehead atoms. The number of aromatic nitrogens is 2. The number of thiazole rings is 1. The summed E-state index contributed by atoms with van der Waals surface area (Å²) in [5.74, 6) is 0.242. The van der Waals surface area contributed by atoms with Crippen LogP contribution in [0.4, 0.5) is 0 Å². The summed E-state index contributed by atoms with van der Waals surface area (Å²) in [7, 11) is 0. The molecule has 88 valence electrons. The van der Waals surface area contributed by atoms with Crippen molar-refractivity contribution in [1.82, 2.24) is 9.97 Å². The van der Waals surface area contributed by atoms with E-state index in [0.717, 1.165) is 27.7 Å². The number of hydrogen-bond acceptors (Lipinski definition) is 3. The van der Waals surface area contributed by atoms with Gasteiger partial charge in [-0.05, 0) is 24.0 Å². The summed E-state index contributed by atoms with van der Waals surface area (Å²) in [5.41, 5.74) is 2.02. The summed E-state index contributed by atoms with van der Waals surface area (Å²) in [5, 5.41) is 0.922. The van der Waals surface area contributed by atoms with Crippen molar-refractivity contribution in [2.45, 2.75) is 26.7 Å². The smallest absolute Gasteiger partial charge is 0.175 e. The number of nitrogens with zero attached hydrogens (tertiary/aromatic N) is 1. The third-order valence-corrected chi connectivity index (χ3v) is 4.24. The van der Waals surface area contributed by atoms with Gasteiger partial charge >= 0.3 is 0 Å². The van der Waals surface area contributed by atoms with Gasteiger partial charge in [0, 0.05) is 12.6 Å². The Morgan fingerprint density at radius 1 is 1.41 bits per heavy atom. The van der Waals surface area contributed by atoms with Gasteiger partial charge in [-0.2, -0.15) is 0 Å². The molecule has 2 aromatic heterocycles. The van der Waals surface area contributed by atoms with Crippen LogP contribution < -0.4 is 0 Å². The third kappa shape index (κ3) is 1.82. The molecule has 17 heavy (non-hydrogen) atoms. The first-order chi connectivity index (χ1) is 8.05. The van der Waals surface area contributed by atoms with Crippen molar-refractivity contribution in [3.8, 4) is 10.7 Å². The molecule has 3 rings (SSSR count). The van der Waals surface area contributed by atoms with Crippen molar-refractivity contribution in [3.63, 3.8) is 0 Å². The topological polar surface area (TPSA) is 45.8 Å². The monoisotopic (exact) mass is 246 g/mol. The molecule has 0 saturated carbocycles. The Balaban J connectivity index is 2.07. The lowest BCUT2D eigenvalue weighted by atomic mass is 9.78. The number of H-pyrrole nitrogens is 1. The zero-order valence-corrected chi connectivity index (χ0v) is 10.7. The quantitative estimate of drug-likeness (QED) is 0.839. The van der Waals surface area contributed by atoms with Crippen LogP contribution in [0.1, 0.15) is 35.6 Å². The molecule has 0 amide bonds. The van der Waals surface area contributed by atoms with E-state index in [4.69, 9.17) is 0 Å². The molecule has 2 heterocycles. The van der Waals surface area contributed by atoms with Gasteiger partial charge in [0.15, 0.2) is 5.78 Å². The molecule has 0 atom stereocenters. The second-order valence-electron chi connectivity index (χ2n) is 5.32. The minimum Gasteiger partial charge on any atom is -0.359 e. The molecule has 2 aromatic rings. The van der Waals surface area contributed by atoms with Gasteiger partial charge in [-0.3, -0.25) is 4.79 Å². The average molecular weight is 246 g/mol. The summed E-state index contributed by atoms with van der Waals surface area (Å²) < 4.78 is 0. The van der Waals surface area contributed by atoms with E-state index in [2.05, 4.69) is 23.8 Å². The van der Waals surface area contributed by atoms with Crippen LogP contribution in [0.3, 0.4) is 0 Å². The fraction of sp³-hybridized carbons (Fsp3) is 0.385. The lowest BCUT2D eigenvalue weighted by Crippen LogP contribution is -2.25. The fourth-order valence-electron chi connectivity index (χ4n) is 2.30. The van der Waals surface area contributed by atoms with Crippen LogP contribution >= 0.6 is 11.3 Å². The molecule has 1 aliphatic rings. The molecule has 0 unspecified atom stereocenters. The summed E-state index contributed by atoms with van der Waals surface area (Å²) in [4.78, 5) is 20.6. The third-order valence-electron chi connectivity index (χ3n) is 3.06. The number of aromatic amines is 1. The Morgan fingerprint density at radius 2 is 2.24 bits per heavy atom. The number of ketones is 1. The molecule has 1 aliphatic carbocycles. The van der Waals surface area contributed by atoms with Gasteiger partial charge in [0.05, 0.1) is 16.3 Å². The average Bonchev–Trinajstić information content (AvgIpc) is 2.81. The molecule has 1 N–H and O–H groups in total. The first-order valence-corrected chi connectivity index (χ1v) is 6.53. The number of nitrogens with one attached hydrogen (secondary N) is 1. The SMILES string of the molecule is CC1(C)CC(=O)c2sc(-c3ccc[nH]3)nc2C1.